The van der Waals surface area contributed by atoms with E-state index in [1.54, 1.807) is 0 Å². The molecule has 2 heterocycles. The molecular weight excluding hydrogens is 962 g/mol. The van der Waals surface area contributed by atoms with E-state index in [0.29, 0.717) is 95.6 Å². The van der Waals surface area contributed by atoms with Gasteiger partial charge < -0.3 is 39.9 Å². The normalized spacial score (nSPS) is 27.0. The van der Waals surface area contributed by atoms with Gasteiger partial charge in [0.15, 0.2) is 0 Å². The minimum absolute atomic E-state index is 0.266. The van der Waals surface area contributed by atoms with Crippen molar-refractivity contribution in [3.8, 4) is 0 Å². The van der Waals surface area contributed by atoms with Crippen LogP contribution >= 0.6 is 31.9 Å². The number of H-pyrrole nitrogens is 2. The van der Waals surface area contributed by atoms with Crippen molar-refractivity contribution >= 4 is 89.2 Å². The van der Waals surface area contributed by atoms with Crippen molar-refractivity contribution in [2.45, 2.75) is 63.6 Å². The molecule has 0 saturated heterocycles. The highest BCUT2D eigenvalue weighted by Crippen LogP contribution is 2.53. The Morgan fingerprint density at radius 1 is 0.585 bits per heavy atom. The number of para-hydroxylation sites is 2. The highest BCUT2D eigenvalue weighted by Gasteiger charge is 2.58. The Balaban J connectivity index is 1.06. The lowest BCUT2D eigenvalue weighted by Crippen LogP contribution is -2.61. The lowest BCUT2D eigenvalue weighted by atomic mass is 9.56. The second-order valence-corrected chi connectivity index (χ2v) is 20.5. The van der Waals surface area contributed by atoms with Gasteiger partial charge in [-0.05, 0) is 148 Å². The smallest absolute Gasteiger partial charge is 0.341 e. The first-order valence-electron chi connectivity index (χ1n) is 22.9. The maximum absolute atomic E-state index is 14.9. The number of amides is 4. The third-order valence-electron chi connectivity index (χ3n) is 14.3. The van der Waals surface area contributed by atoms with Gasteiger partial charge >= 0.3 is 11.9 Å². The number of hydrogen-bond donors (Lipinski definition) is 5. The van der Waals surface area contributed by atoms with Gasteiger partial charge in [0.05, 0.1) is 44.0 Å². The van der Waals surface area contributed by atoms with Gasteiger partial charge in [0, 0.05) is 46.7 Å². The molecule has 10 rings (SSSR count). The molecule has 6 saturated carbocycles. The van der Waals surface area contributed by atoms with E-state index in [0.717, 1.165) is 24.1 Å². The van der Waals surface area contributed by atoms with Crippen molar-refractivity contribution in [3.63, 3.8) is 0 Å². The number of halogens is 2. The van der Waals surface area contributed by atoms with Gasteiger partial charge in [-0.1, -0.05) is 36.4 Å². The van der Waals surface area contributed by atoms with Crippen LogP contribution < -0.4 is 16.0 Å². The summed E-state index contributed by atoms with van der Waals surface area (Å²) in [7, 11) is 7.84. The van der Waals surface area contributed by atoms with Gasteiger partial charge in [0.1, 0.15) is 12.2 Å². The summed E-state index contributed by atoms with van der Waals surface area (Å²) in [4.78, 5) is 96.6. The summed E-state index contributed by atoms with van der Waals surface area (Å²) in [6.45, 7) is 2.36. The molecule has 10 unspecified atom stereocenters. The molecule has 4 bridgehead atoms. The first-order chi connectivity index (χ1) is 31.2. The standard InChI is InChI=1S/C48H59Br2N7O8/c1-56(2)21-9-19-51-43(58)35-25-15-17-29(33(23-25)64-47(62)39-27-11-5-7-13-31(27)53-41(39)49)37(35)45(60)55-46(61)38-30-18-16-26(36(38)44(59)52-20-10-22-57(3)4)24-34(30)65-48(63)40-28-12-6-8-14-32(28)54-42(40)50/h5-8,11-14,25-26,29-30,33-38,53-54H,9-10,15-24H2,1-4H3,(H,51,58)(H,52,59)(H,55,60,61). The van der Waals surface area contributed by atoms with Gasteiger partial charge in [0.25, 0.3) is 0 Å². The van der Waals surface area contributed by atoms with Crippen LogP contribution in [0.1, 0.15) is 72.1 Å². The predicted molar refractivity (Wildman–Crippen MR) is 252 cm³/mol. The predicted octanol–water partition coefficient (Wildman–Crippen LogP) is 6.03. The Morgan fingerprint density at radius 3 is 1.38 bits per heavy atom. The summed E-state index contributed by atoms with van der Waals surface area (Å²) >= 11 is 7.00. The van der Waals surface area contributed by atoms with Crippen molar-refractivity contribution in [2.75, 3.05) is 54.4 Å². The zero-order valence-corrected chi connectivity index (χ0v) is 40.5. The summed E-state index contributed by atoms with van der Waals surface area (Å²) in [6, 6.07) is 14.8. The molecule has 15 nitrogen and oxygen atoms in total. The van der Waals surface area contributed by atoms with E-state index in [-0.39, 0.29) is 23.7 Å². The van der Waals surface area contributed by atoms with Crippen LogP contribution in [0.25, 0.3) is 21.8 Å². The minimum Gasteiger partial charge on any atom is -0.458 e. The Hall–Kier alpha value is -4.58. The fourth-order valence-electron chi connectivity index (χ4n) is 11.4. The van der Waals surface area contributed by atoms with Gasteiger partial charge in [-0.3, -0.25) is 24.5 Å². The van der Waals surface area contributed by atoms with E-state index < -0.39 is 71.5 Å². The number of carbonyl (C=O) groups excluding carboxylic acids is 6. The highest BCUT2D eigenvalue weighted by molar-refractivity contribution is 9.10. The summed E-state index contributed by atoms with van der Waals surface area (Å²) < 4.78 is 13.5. The van der Waals surface area contributed by atoms with Crippen LogP contribution in [0.5, 0.6) is 0 Å². The highest BCUT2D eigenvalue weighted by atomic mass is 79.9. The van der Waals surface area contributed by atoms with E-state index in [9.17, 15) is 28.8 Å². The number of nitrogens with one attached hydrogen (secondary N) is 5. The second kappa shape index (κ2) is 20.1. The number of ether oxygens (including phenoxy) is 2. The van der Waals surface area contributed by atoms with Crippen LogP contribution in [0.15, 0.2) is 57.7 Å². The van der Waals surface area contributed by atoms with Crippen molar-refractivity contribution < 1.29 is 38.2 Å². The number of esters is 2. The average molecular weight is 1020 g/mol. The molecule has 2 aromatic heterocycles. The van der Waals surface area contributed by atoms with Gasteiger partial charge in [-0.15, -0.1) is 0 Å². The first kappa shape index (κ1) is 46.9. The van der Waals surface area contributed by atoms with E-state index >= 15 is 0 Å². The number of hydrogen-bond acceptors (Lipinski definition) is 10. The van der Waals surface area contributed by atoms with Crippen LogP contribution in [-0.2, 0) is 28.7 Å². The van der Waals surface area contributed by atoms with E-state index in [2.05, 4.69) is 57.8 Å². The maximum Gasteiger partial charge on any atom is 0.341 e. The fourth-order valence-corrected chi connectivity index (χ4v) is 12.6. The van der Waals surface area contributed by atoms with Crippen molar-refractivity contribution in [2.24, 2.45) is 47.3 Å². The Kier molecular flexibility index (Phi) is 14.5. The second-order valence-electron chi connectivity index (χ2n) is 18.9. The molecule has 0 spiro atoms. The van der Waals surface area contributed by atoms with Crippen LogP contribution in [-0.4, -0.2) is 122 Å². The number of imide groups is 1. The summed E-state index contributed by atoms with van der Waals surface area (Å²) in [6.07, 6.45) is 3.17. The zero-order valence-electron chi connectivity index (χ0n) is 37.3. The van der Waals surface area contributed by atoms with E-state index in [4.69, 9.17) is 9.47 Å². The van der Waals surface area contributed by atoms with Gasteiger partial charge in [0.2, 0.25) is 23.6 Å². The Morgan fingerprint density at radius 2 is 0.985 bits per heavy atom. The number of nitrogens with zero attached hydrogens (tertiary/aromatic N) is 2. The lowest BCUT2D eigenvalue weighted by Gasteiger charge is -2.51. The molecule has 5 N–H and O–H groups in total. The molecule has 0 aliphatic heterocycles. The van der Waals surface area contributed by atoms with E-state index in [1.807, 2.05) is 86.5 Å². The van der Waals surface area contributed by atoms with Crippen molar-refractivity contribution in [1.29, 1.82) is 0 Å². The topological polar surface area (TPSA) is 195 Å². The summed E-state index contributed by atoms with van der Waals surface area (Å²) in [5.74, 6) is -8.09. The van der Waals surface area contributed by atoms with Gasteiger partial charge in [-0.25, -0.2) is 9.59 Å². The SMILES string of the molecule is CN(C)CCCNC(=O)C1C2CCC(C(OC(=O)c3c(Br)[nH]c4ccccc34)C2)C1C(=O)NC(=O)C1C2CCC(CC2OC(=O)c2c(Br)[nH]c3ccccc23)C1C(=O)NCCCN(C)C. The summed E-state index contributed by atoms with van der Waals surface area (Å²) in [5.41, 5.74) is 2.22. The molecular formula is C48H59Br2N7O8. The number of fused-ring (bicyclic) bond motifs is 8. The quantitative estimate of drug-likeness (QED) is 0.0503. The summed E-state index contributed by atoms with van der Waals surface area (Å²) in [5, 5.41) is 10.3. The monoisotopic (exact) mass is 1020 g/mol. The maximum atomic E-state index is 14.9. The Labute approximate surface area is 395 Å². The number of benzene rings is 2. The molecule has 2 aromatic carbocycles. The number of aromatic nitrogens is 2. The molecule has 65 heavy (non-hydrogen) atoms. The van der Waals surface area contributed by atoms with E-state index in [1.165, 1.54) is 0 Å². The number of carbonyl (C=O) groups is 6. The molecule has 4 amide bonds. The molecule has 4 aromatic rings. The van der Waals surface area contributed by atoms with Gasteiger partial charge in [-0.2, -0.15) is 0 Å². The molecule has 0 radical (unpaired) electrons. The Bertz CT molecular complexity index is 2290. The average Bonchev–Trinajstić information content (AvgIpc) is 3.81. The molecule has 6 aliphatic rings. The minimum atomic E-state index is -0.989. The zero-order chi connectivity index (χ0) is 46.1. The third-order valence-corrected chi connectivity index (χ3v) is 15.5. The first-order valence-corrected chi connectivity index (χ1v) is 24.4. The van der Waals surface area contributed by atoms with Crippen LogP contribution in [0, 0.1) is 47.3 Å². The molecule has 348 valence electrons. The fraction of sp³-hybridized carbons (Fsp3) is 0.542. The largest absolute Gasteiger partial charge is 0.458 e. The third kappa shape index (κ3) is 9.80. The van der Waals surface area contributed by atoms with Crippen LogP contribution in [0.4, 0.5) is 0 Å². The number of aromatic amines is 2. The molecule has 6 fully saturated rings. The number of rotatable bonds is 16. The van der Waals surface area contributed by atoms with Crippen LogP contribution in [0.3, 0.4) is 0 Å². The molecule has 10 atom stereocenters. The molecule has 17 heteroatoms. The van der Waals surface area contributed by atoms with Crippen molar-refractivity contribution in [1.82, 2.24) is 35.7 Å². The molecule has 6 aliphatic carbocycles. The lowest BCUT2D eigenvalue weighted by molar-refractivity contribution is -0.162. The van der Waals surface area contributed by atoms with Crippen LogP contribution in [0.2, 0.25) is 0 Å². The van der Waals surface area contributed by atoms with Crippen molar-refractivity contribution in [3.05, 3.63) is 68.9 Å².